The van der Waals surface area contributed by atoms with Crippen molar-refractivity contribution < 1.29 is 9.90 Å². The highest BCUT2D eigenvalue weighted by Crippen LogP contribution is 2.47. The Morgan fingerprint density at radius 1 is 1.14 bits per heavy atom. The molecule has 3 nitrogen and oxygen atoms in total. The minimum Gasteiger partial charge on any atom is -0.508 e. The van der Waals surface area contributed by atoms with Crippen LogP contribution in [0.2, 0.25) is 0 Å². The predicted molar refractivity (Wildman–Crippen MR) is 84.2 cm³/mol. The number of nitrogens with one attached hydrogen (secondary N) is 1. The van der Waals surface area contributed by atoms with Gasteiger partial charge in [0, 0.05) is 17.2 Å². The number of carbonyl (C=O) groups excluding carboxylic acids is 1. The maximum absolute atomic E-state index is 12.0. The van der Waals surface area contributed by atoms with Gasteiger partial charge < -0.3 is 10.4 Å². The van der Waals surface area contributed by atoms with Gasteiger partial charge in [0.2, 0.25) is 5.91 Å². The minimum atomic E-state index is 0.0965. The highest BCUT2D eigenvalue weighted by Gasteiger charge is 2.33. The van der Waals surface area contributed by atoms with Crippen LogP contribution in [0.15, 0.2) is 24.3 Å². The second kappa shape index (κ2) is 4.88. The number of carbonyl (C=O) groups is 1. The number of hydrogen-bond donors (Lipinski definition) is 2. The average Bonchev–Trinajstić information content (AvgIpc) is 2.85. The Bertz CT molecular complexity index is 702. The van der Waals surface area contributed by atoms with Gasteiger partial charge in [0.1, 0.15) is 5.75 Å². The van der Waals surface area contributed by atoms with E-state index in [2.05, 4.69) is 5.32 Å². The van der Waals surface area contributed by atoms with Gasteiger partial charge in [-0.2, -0.15) is 0 Å². The van der Waals surface area contributed by atoms with Crippen molar-refractivity contribution in [2.75, 3.05) is 5.32 Å². The number of rotatable bonds is 1. The Labute approximate surface area is 127 Å². The van der Waals surface area contributed by atoms with E-state index in [9.17, 15) is 9.90 Å². The SMILES string of the molecule is O=C1C[C@@H](c2ccc(O)cc2)c2c(sc3c2CCCC3)N1. The number of hydrogen-bond acceptors (Lipinski definition) is 3. The van der Waals surface area contributed by atoms with E-state index in [4.69, 9.17) is 0 Å². The monoisotopic (exact) mass is 299 g/mol. The first-order valence-electron chi connectivity index (χ1n) is 7.45. The van der Waals surface area contributed by atoms with Crippen molar-refractivity contribution in [2.45, 2.75) is 38.0 Å². The summed E-state index contributed by atoms with van der Waals surface area (Å²) in [5.74, 6) is 0.498. The summed E-state index contributed by atoms with van der Waals surface area (Å²) in [5, 5.41) is 13.6. The van der Waals surface area contributed by atoms with E-state index >= 15 is 0 Å². The molecule has 1 aliphatic carbocycles. The number of anilines is 1. The van der Waals surface area contributed by atoms with Crippen molar-refractivity contribution in [3.05, 3.63) is 45.8 Å². The van der Waals surface area contributed by atoms with Crippen LogP contribution in [0.25, 0.3) is 0 Å². The molecule has 2 aromatic rings. The van der Waals surface area contributed by atoms with Crippen molar-refractivity contribution >= 4 is 22.2 Å². The molecule has 108 valence electrons. The third kappa shape index (κ3) is 2.14. The van der Waals surface area contributed by atoms with Gasteiger partial charge in [-0.3, -0.25) is 4.79 Å². The van der Waals surface area contributed by atoms with Gasteiger partial charge in [-0.15, -0.1) is 11.3 Å². The maximum Gasteiger partial charge on any atom is 0.225 e. The van der Waals surface area contributed by atoms with Crippen molar-refractivity contribution in [1.82, 2.24) is 0 Å². The summed E-state index contributed by atoms with van der Waals surface area (Å²) in [4.78, 5) is 13.5. The molecule has 0 saturated heterocycles. The Morgan fingerprint density at radius 3 is 2.71 bits per heavy atom. The number of aryl methyl sites for hydroxylation is 1. The minimum absolute atomic E-state index is 0.0965. The maximum atomic E-state index is 12.0. The summed E-state index contributed by atoms with van der Waals surface area (Å²) in [6.07, 6.45) is 5.27. The zero-order valence-electron chi connectivity index (χ0n) is 11.7. The van der Waals surface area contributed by atoms with Crippen molar-refractivity contribution in [1.29, 1.82) is 0 Å². The molecule has 0 saturated carbocycles. The quantitative estimate of drug-likeness (QED) is 0.841. The van der Waals surface area contributed by atoms with Crippen LogP contribution in [0.1, 0.15) is 46.7 Å². The first-order chi connectivity index (χ1) is 10.2. The lowest BCUT2D eigenvalue weighted by Crippen LogP contribution is -2.23. The summed E-state index contributed by atoms with van der Waals surface area (Å²) in [5.41, 5.74) is 3.93. The molecule has 2 N–H and O–H groups in total. The fourth-order valence-corrected chi connectivity index (χ4v) is 4.88. The van der Waals surface area contributed by atoms with Gasteiger partial charge in [-0.25, -0.2) is 0 Å². The molecule has 4 rings (SSSR count). The fraction of sp³-hybridized carbons (Fsp3) is 0.353. The van der Waals surface area contributed by atoms with Crippen LogP contribution in [-0.4, -0.2) is 11.0 Å². The summed E-state index contributed by atoms with van der Waals surface area (Å²) >= 11 is 1.76. The van der Waals surface area contributed by atoms with Gasteiger partial charge in [0.15, 0.2) is 0 Å². The summed E-state index contributed by atoms with van der Waals surface area (Å²) in [6, 6.07) is 7.30. The molecule has 2 aliphatic rings. The normalized spacial score (nSPS) is 20.6. The topological polar surface area (TPSA) is 49.3 Å². The molecular formula is C17H17NO2S. The zero-order chi connectivity index (χ0) is 14.4. The van der Waals surface area contributed by atoms with E-state index in [0.717, 1.165) is 23.4 Å². The van der Waals surface area contributed by atoms with E-state index < -0.39 is 0 Å². The van der Waals surface area contributed by atoms with Crippen molar-refractivity contribution in [3.63, 3.8) is 0 Å². The van der Waals surface area contributed by atoms with Crippen LogP contribution in [0.4, 0.5) is 5.00 Å². The highest BCUT2D eigenvalue weighted by molar-refractivity contribution is 7.16. The molecule has 1 amide bonds. The molecule has 21 heavy (non-hydrogen) atoms. The molecule has 0 spiro atoms. The van der Waals surface area contributed by atoms with Crippen LogP contribution >= 0.6 is 11.3 Å². The standard InChI is InChI=1S/C17H17NO2S/c19-11-7-5-10(6-8-11)13-9-15(20)18-17-16(13)12-3-1-2-4-14(12)21-17/h5-8,13,19H,1-4,9H2,(H,18,20)/t13-/m0/s1. The predicted octanol–water partition coefficient (Wildman–Crippen LogP) is 3.81. The molecule has 1 aromatic heterocycles. The molecule has 0 fully saturated rings. The number of fused-ring (bicyclic) bond motifs is 3. The molecular weight excluding hydrogens is 282 g/mol. The smallest absolute Gasteiger partial charge is 0.225 e. The van der Waals surface area contributed by atoms with E-state index in [-0.39, 0.29) is 17.6 Å². The van der Waals surface area contributed by atoms with Gasteiger partial charge in [-0.05, 0) is 54.5 Å². The highest BCUT2D eigenvalue weighted by atomic mass is 32.1. The number of benzene rings is 1. The third-order valence-corrected chi connectivity index (χ3v) is 5.72. The summed E-state index contributed by atoms with van der Waals surface area (Å²) in [7, 11) is 0. The lowest BCUT2D eigenvalue weighted by molar-refractivity contribution is -0.116. The van der Waals surface area contributed by atoms with Crippen LogP contribution in [0.5, 0.6) is 5.75 Å². The van der Waals surface area contributed by atoms with Crippen molar-refractivity contribution in [2.24, 2.45) is 0 Å². The number of thiophene rings is 1. The van der Waals surface area contributed by atoms with Crippen LogP contribution in [-0.2, 0) is 17.6 Å². The Morgan fingerprint density at radius 2 is 1.90 bits per heavy atom. The number of phenols is 1. The van der Waals surface area contributed by atoms with Gasteiger partial charge in [0.05, 0.1) is 5.00 Å². The number of phenolic OH excluding ortho intramolecular Hbond substituents is 1. The van der Waals surface area contributed by atoms with E-state index in [1.165, 1.54) is 28.8 Å². The Hall–Kier alpha value is -1.81. The van der Waals surface area contributed by atoms with Crippen LogP contribution < -0.4 is 5.32 Å². The molecule has 1 aromatic carbocycles. The number of aromatic hydroxyl groups is 1. The average molecular weight is 299 g/mol. The van der Waals surface area contributed by atoms with E-state index in [1.54, 1.807) is 23.5 Å². The van der Waals surface area contributed by atoms with Gasteiger partial charge >= 0.3 is 0 Å². The lowest BCUT2D eigenvalue weighted by Gasteiger charge is -2.25. The first-order valence-corrected chi connectivity index (χ1v) is 8.27. The lowest BCUT2D eigenvalue weighted by atomic mass is 9.82. The second-order valence-corrected chi connectivity index (χ2v) is 6.96. The van der Waals surface area contributed by atoms with Crippen molar-refractivity contribution in [3.8, 4) is 5.75 Å². The van der Waals surface area contributed by atoms with Crippen LogP contribution in [0.3, 0.4) is 0 Å². The summed E-state index contributed by atoms with van der Waals surface area (Å²) in [6.45, 7) is 0. The molecule has 0 radical (unpaired) electrons. The molecule has 1 aliphatic heterocycles. The largest absolute Gasteiger partial charge is 0.508 e. The van der Waals surface area contributed by atoms with E-state index in [1.807, 2.05) is 12.1 Å². The fourth-order valence-electron chi connectivity index (χ4n) is 3.51. The number of amides is 1. The van der Waals surface area contributed by atoms with Crippen LogP contribution in [0, 0.1) is 0 Å². The molecule has 4 heteroatoms. The first kappa shape index (κ1) is 12.9. The molecule has 0 bridgehead atoms. The van der Waals surface area contributed by atoms with Gasteiger partial charge in [-0.1, -0.05) is 12.1 Å². The third-order valence-electron chi connectivity index (χ3n) is 4.50. The Kier molecular flexibility index (Phi) is 3.00. The zero-order valence-corrected chi connectivity index (χ0v) is 12.5. The Balaban J connectivity index is 1.84. The van der Waals surface area contributed by atoms with E-state index in [0.29, 0.717) is 6.42 Å². The molecule has 2 heterocycles. The summed E-state index contributed by atoms with van der Waals surface area (Å²) < 4.78 is 0. The molecule has 1 atom stereocenters. The second-order valence-electron chi connectivity index (χ2n) is 5.85. The molecule has 0 unspecified atom stereocenters. The van der Waals surface area contributed by atoms with Gasteiger partial charge in [0.25, 0.3) is 0 Å².